The average molecular weight is 287 g/mol. The van der Waals surface area contributed by atoms with Gasteiger partial charge in [0, 0.05) is 12.1 Å². The quantitative estimate of drug-likeness (QED) is 0.849. The van der Waals surface area contributed by atoms with Crippen LogP contribution >= 0.6 is 0 Å². The minimum Gasteiger partial charge on any atom is -0.310 e. The molecular formula is C15H29NO2S. The smallest absolute Gasteiger partial charge is 0.154 e. The van der Waals surface area contributed by atoms with Gasteiger partial charge in [0.2, 0.25) is 0 Å². The fourth-order valence-corrected chi connectivity index (χ4v) is 5.88. The van der Waals surface area contributed by atoms with Crippen LogP contribution in [0.3, 0.4) is 0 Å². The van der Waals surface area contributed by atoms with Gasteiger partial charge in [-0.3, -0.25) is 0 Å². The van der Waals surface area contributed by atoms with Crippen LogP contribution in [0.15, 0.2) is 0 Å². The van der Waals surface area contributed by atoms with E-state index in [1.165, 1.54) is 0 Å². The molecule has 1 heterocycles. The Morgan fingerprint density at radius 3 is 2.53 bits per heavy atom. The number of nitrogens with one attached hydrogen (secondary N) is 1. The highest BCUT2D eigenvalue weighted by Crippen LogP contribution is 2.43. The molecular weight excluding hydrogens is 258 g/mol. The van der Waals surface area contributed by atoms with E-state index >= 15 is 0 Å². The van der Waals surface area contributed by atoms with Crippen molar-refractivity contribution < 1.29 is 8.42 Å². The van der Waals surface area contributed by atoms with Crippen molar-refractivity contribution in [3.8, 4) is 0 Å². The highest BCUT2D eigenvalue weighted by Gasteiger charge is 2.44. The summed E-state index contributed by atoms with van der Waals surface area (Å²) in [4.78, 5) is 0. The molecule has 0 bridgehead atoms. The van der Waals surface area contributed by atoms with E-state index in [4.69, 9.17) is 0 Å². The van der Waals surface area contributed by atoms with Crippen LogP contribution in [-0.4, -0.2) is 31.5 Å². The fourth-order valence-electron chi connectivity index (χ4n) is 3.66. The van der Waals surface area contributed by atoms with E-state index in [1.54, 1.807) is 0 Å². The van der Waals surface area contributed by atoms with Crippen molar-refractivity contribution in [2.75, 3.05) is 5.75 Å². The van der Waals surface area contributed by atoms with E-state index in [0.717, 1.165) is 32.1 Å². The largest absolute Gasteiger partial charge is 0.310 e. The first-order chi connectivity index (χ1) is 8.76. The molecule has 1 N–H and O–H groups in total. The molecule has 2 aliphatic rings. The van der Waals surface area contributed by atoms with Crippen LogP contribution in [-0.2, 0) is 9.84 Å². The second-order valence-electron chi connectivity index (χ2n) is 7.22. The zero-order chi connectivity index (χ0) is 14.3. The molecule has 4 atom stereocenters. The zero-order valence-corrected chi connectivity index (χ0v) is 13.6. The van der Waals surface area contributed by atoms with Crippen LogP contribution in [0.25, 0.3) is 0 Å². The van der Waals surface area contributed by atoms with Crippen LogP contribution in [0, 0.1) is 11.3 Å². The normalized spacial score (nSPS) is 39.4. The van der Waals surface area contributed by atoms with Gasteiger partial charge >= 0.3 is 0 Å². The lowest BCUT2D eigenvalue weighted by atomic mass is 9.68. The molecule has 0 aromatic heterocycles. The third-order valence-corrected chi connectivity index (χ3v) is 7.85. The number of sulfone groups is 1. The van der Waals surface area contributed by atoms with Crippen LogP contribution in [0.5, 0.6) is 0 Å². The van der Waals surface area contributed by atoms with Gasteiger partial charge in [-0.1, -0.05) is 27.2 Å². The predicted octanol–water partition coefficient (Wildman–Crippen LogP) is 2.76. The van der Waals surface area contributed by atoms with Gasteiger partial charge in [0.25, 0.3) is 0 Å². The van der Waals surface area contributed by atoms with Gasteiger partial charge in [0.05, 0.1) is 11.0 Å². The summed E-state index contributed by atoms with van der Waals surface area (Å²) in [6.45, 7) is 8.91. The van der Waals surface area contributed by atoms with Gasteiger partial charge < -0.3 is 5.32 Å². The van der Waals surface area contributed by atoms with Crippen molar-refractivity contribution >= 4 is 9.84 Å². The standard InChI is InChI=1S/C15H29NO2S/c1-5-15(3,4)12-6-7-13-14(10-12)19(17,18)9-8-11(2)16-13/h11-14,16H,5-10H2,1-4H3. The minimum atomic E-state index is -2.92. The lowest BCUT2D eigenvalue weighted by Crippen LogP contribution is -2.50. The van der Waals surface area contributed by atoms with Crippen LogP contribution in [0.2, 0.25) is 0 Å². The lowest BCUT2D eigenvalue weighted by molar-refractivity contribution is 0.137. The Labute approximate surface area is 118 Å². The first-order valence-corrected chi connectivity index (χ1v) is 9.45. The Bertz CT molecular complexity index is 416. The van der Waals surface area contributed by atoms with Crippen molar-refractivity contribution in [2.24, 2.45) is 11.3 Å². The van der Waals surface area contributed by atoms with Crippen molar-refractivity contribution in [2.45, 2.75) is 77.1 Å². The van der Waals surface area contributed by atoms with Gasteiger partial charge in [0.15, 0.2) is 9.84 Å². The molecule has 4 heteroatoms. The molecule has 1 saturated carbocycles. The van der Waals surface area contributed by atoms with Gasteiger partial charge in [-0.2, -0.15) is 0 Å². The summed E-state index contributed by atoms with van der Waals surface area (Å²) in [5.41, 5.74) is 0.262. The summed E-state index contributed by atoms with van der Waals surface area (Å²) in [6, 6.07) is 0.520. The molecule has 4 unspecified atom stereocenters. The number of rotatable bonds is 2. The topological polar surface area (TPSA) is 46.2 Å². The molecule has 2 rings (SSSR count). The molecule has 0 aromatic rings. The fraction of sp³-hybridized carbons (Fsp3) is 1.00. The Morgan fingerprint density at radius 2 is 1.89 bits per heavy atom. The van der Waals surface area contributed by atoms with Crippen molar-refractivity contribution in [3.05, 3.63) is 0 Å². The third kappa shape index (κ3) is 3.15. The molecule has 2 fully saturated rings. The summed E-state index contributed by atoms with van der Waals surface area (Å²) >= 11 is 0. The van der Waals surface area contributed by atoms with Crippen molar-refractivity contribution in [3.63, 3.8) is 0 Å². The Hall–Kier alpha value is -0.0900. The molecule has 0 radical (unpaired) electrons. The second-order valence-corrected chi connectivity index (χ2v) is 9.56. The number of hydrogen-bond acceptors (Lipinski definition) is 3. The Balaban J connectivity index is 2.21. The van der Waals surface area contributed by atoms with Gasteiger partial charge in [-0.05, 0) is 43.9 Å². The molecule has 0 amide bonds. The maximum absolute atomic E-state index is 12.5. The SMILES string of the molecule is CCC(C)(C)C1CCC2NC(C)CCS(=O)(=O)C2C1. The summed E-state index contributed by atoms with van der Waals surface area (Å²) in [5.74, 6) is 0.908. The molecule has 0 aromatic carbocycles. The van der Waals surface area contributed by atoms with Crippen molar-refractivity contribution in [1.29, 1.82) is 0 Å². The van der Waals surface area contributed by atoms with E-state index in [-0.39, 0.29) is 16.7 Å². The van der Waals surface area contributed by atoms with E-state index < -0.39 is 9.84 Å². The maximum atomic E-state index is 12.5. The van der Waals surface area contributed by atoms with Crippen LogP contribution in [0.4, 0.5) is 0 Å². The first kappa shape index (κ1) is 15.3. The average Bonchev–Trinajstić information content (AvgIpc) is 2.47. The molecule has 1 saturated heterocycles. The first-order valence-electron chi connectivity index (χ1n) is 7.74. The number of hydrogen-bond donors (Lipinski definition) is 1. The summed E-state index contributed by atoms with van der Waals surface area (Å²) in [6.07, 6.45) is 4.92. The predicted molar refractivity (Wildman–Crippen MR) is 80.0 cm³/mol. The molecule has 0 spiro atoms. The highest BCUT2D eigenvalue weighted by atomic mass is 32.2. The minimum absolute atomic E-state index is 0.151. The van der Waals surface area contributed by atoms with Gasteiger partial charge in [0.1, 0.15) is 0 Å². The van der Waals surface area contributed by atoms with E-state index in [2.05, 4.69) is 33.0 Å². The molecule has 112 valence electrons. The van der Waals surface area contributed by atoms with Crippen molar-refractivity contribution in [1.82, 2.24) is 5.32 Å². The molecule has 19 heavy (non-hydrogen) atoms. The molecule has 3 nitrogen and oxygen atoms in total. The third-order valence-electron chi connectivity index (χ3n) is 5.60. The second kappa shape index (κ2) is 5.36. The Morgan fingerprint density at radius 1 is 1.21 bits per heavy atom. The van der Waals surface area contributed by atoms with E-state index in [0.29, 0.717) is 17.7 Å². The summed E-state index contributed by atoms with van der Waals surface area (Å²) in [5, 5.41) is 3.40. The molecule has 1 aliphatic heterocycles. The highest BCUT2D eigenvalue weighted by molar-refractivity contribution is 7.92. The zero-order valence-electron chi connectivity index (χ0n) is 12.8. The summed E-state index contributed by atoms with van der Waals surface area (Å²) in [7, 11) is -2.92. The van der Waals surface area contributed by atoms with Crippen LogP contribution < -0.4 is 5.32 Å². The van der Waals surface area contributed by atoms with E-state index in [9.17, 15) is 8.42 Å². The van der Waals surface area contributed by atoms with Gasteiger partial charge in [-0.15, -0.1) is 0 Å². The number of fused-ring (bicyclic) bond motifs is 1. The maximum Gasteiger partial charge on any atom is 0.154 e. The Kier molecular flexibility index (Phi) is 4.32. The molecule has 1 aliphatic carbocycles. The summed E-state index contributed by atoms with van der Waals surface area (Å²) < 4.78 is 25.0. The van der Waals surface area contributed by atoms with Crippen LogP contribution in [0.1, 0.15) is 59.8 Å². The van der Waals surface area contributed by atoms with E-state index in [1.807, 2.05) is 0 Å². The lowest BCUT2D eigenvalue weighted by Gasteiger charge is -2.42. The monoisotopic (exact) mass is 287 g/mol. The van der Waals surface area contributed by atoms with Gasteiger partial charge in [-0.25, -0.2) is 8.42 Å².